The predicted molar refractivity (Wildman–Crippen MR) is 134 cm³/mol. The highest BCUT2D eigenvalue weighted by Crippen LogP contribution is 2.43. The highest BCUT2D eigenvalue weighted by atomic mass is 32.1. The number of thiophene rings is 1. The van der Waals surface area contributed by atoms with Gasteiger partial charge in [0.05, 0.1) is 10.4 Å². The summed E-state index contributed by atoms with van der Waals surface area (Å²) in [4.78, 5) is 16.0. The number of piperazine rings is 1. The molecule has 0 unspecified atom stereocenters. The van der Waals surface area contributed by atoms with Crippen molar-refractivity contribution in [3.63, 3.8) is 0 Å². The van der Waals surface area contributed by atoms with Crippen molar-refractivity contribution >= 4 is 49.5 Å². The number of nitrogens with one attached hydrogen (secondary N) is 1. The molecule has 0 aliphatic carbocycles. The Morgan fingerprint density at radius 3 is 2.58 bits per heavy atom. The summed E-state index contributed by atoms with van der Waals surface area (Å²) in [5, 5.41) is 13.8. The van der Waals surface area contributed by atoms with Crippen molar-refractivity contribution in [1.29, 1.82) is 5.26 Å². The van der Waals surface area contributed by atoms with Gasteiger partial charge in [-0.1, -0.05) is 18.3 Å². The van der Waals surface area contributed by atoms with E-state index in [0.717, 1.165) is 65.0 Å². The molecule has 4 aromatic rings. The molecule has 0 spiro atoms. The lowest BCUT2D eigenvalue weighted by molar-refractivity contribution is 0.585. The first kappa shape index (κ1) is 21.8. The van der Waals surface area contributed by atoms with Crippen LogP contribution in [0.1, 0.15) is 16.7 Å². The first-order valence-electron chi connectivity index (χ1n) is 10.9. The van der Waals surface area contributed by atoms with Gasteiger partial charge in [-0.3, -0.25) is 0 Å². The maximum atomic E-state index is 13.4. The van der Waals surface area contributed by atoms with E-state index in [1.807, 2.05) is 11.9 Å². The quantitative estimate of drug-likeness (QED) is 0.427. The van der Waals surface area contributed by atoms with Crippen LogP contribution in [0.25, 0.3) is 21.5 Å². The van der Waals surface area contributed by atoms with E-state index in [0.29, 0.717) is 10.6 Å². The molecule has 6 nitrogen and oxygen atoms in total. The Morgan fingerprint density at radius 1 is 1.12 bits per heavy atom. The lowest BCUT2D eigenvalue weighted by atomic mass is 10.1. The van der Waals surface area contributed by atoms with Crippen LogP contribution >= 0.6 is 22.7 Å². The second kappa shape index (κ2) is 9.06. The minimum Gasteiger partial charge on any atom is -0.354 e. The SMILES string of the molecule is CCc1sc2ccc(N3CCNCC3)nc2c1N(C)c1nc(-c2ccc(F)cc2)c(C#N)s1. The van der Waals surface area contributed by atoms with Crippen molar-refractivity contribution < 1.29 is 4.39 Å². The summed E-state index contributed by atoms with van der Waals surface area (Å²) in [6, 6.07) is 12.6. The number of rotatable bonds is 5. The number of halogens is 1. The fraction of sp³-hybridized carbons (Fsp3) is 0.292. The first-order valence-corrected chi connectivity index (χ1v) is 12.5. The summed E-state index contributed by atoms with van der Waals surface area (Å²) < 4.78 is 14.5. The number of nitriles is 1. The minimum absolute atomic E-state index is 0.312. The lowest BCUT2D eigenvalue weighted by Crippen LogP contribution is -2.43. The third kappa shape index (κ3) is 4.06. The summed E-state index contributed by atoms with van der Waals surface area (Å²) in [6.45, 7) is 5.93. The average Bonchev–Trinajstić information content (AvgIpc) is 3.46. The normalized spacial score (nSPS) is 13.9. The van der Waals surface area contributed by atoms with Gasteiger partial charge in [-0.25, -0.2) is 14.4 Å². The topological polar surface area (TPSA) is 68.1 Å². The van der Waals surface area contributed by atoms with Crippen LogP contribution < -0.4 is 15.1 Å². The minimum atomic E-state index is -0.312. The fourth-order valence-corrected chi connectivity index (χ4v) is 6.05. The number of pyridine rings is 1. The van der Waals surface area contributed by atoms with Crippen LogP contribution in [-0.2, 0) is 6.42 Å². The van der Waals surface area contributed by atoms with Crippen LogP contribution in [0.3, 0.4) is 0 Å². The average molecular weight is 479 g/mol. The zero-order valence-electron chi connectivity index (χ0n) is 18.4. The molecule has 0 saturated carbocycles. The Labute approximate surface area is 199 Å². The van der Waals surface area contributed by atoms with Gasteiger partial charge in [0.2, 0.25) is 0 Å². The van der Waals surface area contributed by atoms with Crippen molar-refractivity contribution in [3.8, 4) is 17.3 Å². The number of aryl methyl sites for hydroxylation is 1. The van der Waals surface area contributed by atoms with Crippen LogP contribution in [0.5, 0.6) is 0 Å². The van der Waals surface area contributed by atoms with Gasteiger partial charge in [0.1, 0.15) is 33.8 Å². The summed E-state index contributed by atoms with van der Waals surface area (Å²) in [5.74, 6) is 0.677. The number of anilines is 3. The molecule has 1 saturated heterocycles. The molecule has 0 bridgehead atoms. The molecule has 3 aromatic heterocycles. The molecule has 168 valence electrons. The smallest absolute Gasteiger partial charge is 0.191 e. The largest absolute Gasteiger partial charge is 0.354 e. The molecule has 33 heavy (non-hydrogen) atoms. The molecular formula is C24H23FN6S2. The van der Waals surface area contributed by atoms with Crippen molar-refractivity contribution in [2.24, 2.45) is 0 Å². The van der Waals surface area contributed by atoms with Crippen LogP contribution in [-0.4, -0.2) is 43.2 Å². The van der Waals surface area contributed by atoms with Gasteiger partial charge in [0.15, 0.2) is 5.13 Å². The van der Waals surface area contributed by atoms with Crippen molar-refractivity contribution in [3.05, 3.63) is 52.0 Å². The lowest BCUT2D eigenvalue weighted by Gasteiger charge is -2.28. The molecule has 9 heteroatoms. The maximum absolute atomic E-state index is 13.4. The molecule has 1 aliphatic heterocycles. The van der Waals surface area contributed by atoms with E-state index in [2.05, 4.69) is 35.3 Å². The molecule has 0 amide bonds. The number of nitrogens with zero attached hydrogens (tertiary/aromatic N) is 5. The number of benzene rings is 1. The first-order chi connectivity index (χ1) is 16.1. The Morgan fingerprint density at radius 2 is 1.88 bits per heavy atom. The molecule has 4 heterocycles. The number of hydrogen-bond acceptors (Lipinski definition) is 8. The Kier molecular flexibility index (Phi) is 5.98. The predicted octanol–water partition coefficient (Wildman–Crippen LogP) is 5.17. The molecule has 1 N–H and O–H groups in total. The van der Waals surface area contributed by atoms with Crippen LogP contribution in [0, 0.1) is 17.1 Å². The van der Waals surface area contributed by atoms with Crippen molar-refractivity contribution in [1.82, 2.24) is 15.3 Å². The van der Waals surface area contributed by atoms with Crippen LogP contribution in [0.2, 0.25) is 0 Å². The van der Waals surface area contributed by atoms with Gasteiger partial charge in [-0.15, -0.1) is 11.3 Å². The van der Waals surface area contributed by atoms with Gasteiger partial charge in [0.25, 0.3) is 0 Å². The Balaban J connectivity index is 1.58. The van der Waals surface area contributed by atoms with Crippen molar-refractivity contribution in [2.45, 2.75) is 13.3 Å². The number of fused-ring (bicyclic) bond motifs is 1. The molecule has 5 rings (SSSR count). The zero-order valence-corrected chi connectivity index (χ0v) is 20.1. The molecule has 1 aliphatic rings. The van der Waals surface area contributed by atoms with Gasteiger partial charge in [-0.05, 0) is 42.8 Å². The fourth-order valence-electron chi connectivity index (χ4n) is 4.08. The Bertz CT molecular complexity index is 1330. The maximum Gasteiger partial charge on any atom is 0.191 e. The zero-order chi connectivity index (χ0) is 22.9. The van der Waals surface area contributed by atoms with E-state index in [1.54, 1.807) is 23.5 Å². The van der Waals surface area contributed by atoms with Gasteiger partial charge >= 0.3 is 0 Å². The van der Waals surface area contributed by atoms with Crippen molar-refractivity contribution in [2.75, 3.05) is 43.0 Å². The molecule has 0 radical (unpaired) electrons. The summed E-state index contributed by atoms with van der Waals surface area (Å²) >= 11 is 3.10. The van der Waals surface area contributed by atoms with E-state index in [4.69, 9.17) is 9.97 Å². The third-order valence-electron chi connectivity index (χ3n) is 5.78. The van der Waals surface area contributed by atoms with E-state index < -0.39 is 0 Å². The standard InChI is InChI=1S/C24H23FN6S2/c1-3-17-23(22-18(32-17)8-9-20(28-22)31-12-10-27-11-13-31)30(2)24-29-21(19(14-26)33-24)15-4-6-16(25)7-5-15/h4-9,27H,3,10-13H2,1-2H3. The number of aromatic nitrogens is 2. The summed E-state index contributed by atoms with van der Waals surface area (Å²) in [6.07, 6.45) is 0.880. The summed E-state index contributed by atoms with van der Waals surface area (Å²) in [7, 11) is 1.98. The van der Waals surface area contributed by atoms with Gasteiger partial charge < -0.3 is 15.1 Å². The molecule has 1 fully saturated rings. The summed E-state index contributed by atoms with van der Waals surface area (Å²) in [5.41, 5.74) is 3.32. The third-order valence-corrected chi connectivity index (χ3v) is 8.10. The second-order valence-electron chi connectivity index (χ2n) is 7.83. The second-order valence-corrected chi connectivity index (χ2v) is 9.95. The molecular weight excluding hydrogens is 455 g/mol. The number of hydrogen-bond donors (Lipinski definition) is 1. The molecule has 1 aromatic carbocycles. The highest BCUT2D eigenvalue weighted by Gasteiger charge is 2.23. The van der Waals surface area contributed by atoms with Crippen LogP contribution in [0.4, 0.5) is 21.0 Å². The van der Waals surface area contributed by atoms with Gasteiger partial charge in [0, 0.05) is 43.7 Å². The monoisotopic (exact) mass is 478 g/mol. The van der Waals surface area contributed by atoms with E-state index in [-0.39, 0.29) is 5.82 Å². The Hall–Kier alpha value is -3.06. The molecule has 0 atom stereocenters. The van der Waals surface area contributed by atoms with E-state index >= 15 is 0 Å². The number of thiazole rings is 1. The van der Waals surface area contributed by atoms with Gasteiger partial charge in [-0.2, -0.15) is 5.26 Å². The van der Waals surface area contributed by atoms with Crippen LogP contribution in [0.15, 0.2) is 36.4 Å². The van der Waals surface area contributed by atoms with E-state index in [1.165, 1.54) is 28.3 Å². The van der Waals surface area contributed by atoms with E-state index in [9.17, 15) is 9.65 Å². The highest BCUT2D eigenvalue weighted by molar-refractivity contribution is 7.20.